The number of ether oxygens (including phenoxy) is 5. The zero-order chi connectivity index (χ0) is 45.8. The molecule has 2 amide bonds. The zero-order valence-corrected chi connectivity index (χ0v) is 36.8. The van der Waals surface area contributed by atoms with Crippen LogP contribution in [-0.4, -0.2) is 29.6 Å². The van der Waals surface area contributed by atoms with Crippen LogP contribution in [0.2, 0.25) is 0 Å². The molecule has 11 heteroatoms. The van der Waals surface area contributed by atoms with Gasteiger partial charge in [0.2, 0.25) is 5.91 Å². The summed E-state index contributed by atoms with van der Waals surface area (Å²) >= 11 is 0. The van der Waals surface area contributed by atoms with Gasteiger partial charge in [0.25, 0.3) is 0 Å². The van der Waals surface area contributed by atoms with Gasteiger partial charge in [0.15, 0.2) is 11.5 Å². The number of hydrazine groups is 1. The lowest BCUT2D eigenvalue weighted by molar-refractivity contribution is -0.149. The molecule has 0 saturated heterocycles. The van der Waals surface area contributed by atoms with Crippen molar-refractivity contribution < 1.29 is 38.1 Å². The third kappa shape index (κ3) is 14.3. The maximum atomic E-state index is 14.8. The molecule has 66 heavy (non-hydrogen) atoms. The van der Waals surface area contributed by atoms with Gasteiger partial charge < -0.3 is 29.0 Å². The van der Waals surface area contributed by atoms with Gasteiger partial charge in [0.1, 0.15) is 50.4 Å². The van der Waals surface area contributed by atoms with Crippen LogP contribution in [-0.2, 0) is 64.9 Å². The first-order valence-corrected chi connectivity index (χ1v) is 21.8. The summed E-state index contributed by atoms with van der Waals surface area (Å²) in [4.78, 5) is 41.9. The van der Waals surface area contributed by atoms with Gasteiger partial charge in [-0.05, 0) is 70.1 Å². The van der Waals surface area contributed by atoms with Crippen molar-refractivity contribution in [2.75, 3.05) is 0 Å². The Bertz CT molecular complexity index is 2580. The first-order valence-electron chi connectivity index (χ1n) is 21.8. The highest BCUT2D eigenvalue weighted by molar-refractivity contribution is 5.91. The average Bonchev–Trinajstić information content (AvgIpc) is 3.37. The standard InChI is InChI=1S/C55H53N3O8/c1-55(58-57-54(61)66-40-46-25-15-6-16-26-46,35-47-29-32-50(63-37-43-19-9-3-10-20-43)51(34-47)64-38-44-21-11-4-12-22-44)53(60)56-49(52(59)65-39-45-23-13-5-14-24-45)33-41-27-30-48(31-28-41)62-36-42-17-7-2-8-18-42/h2-32,34,49,58H,33,35-40H2,1H3,(H,56,60)(H,57,61)/t49-,55-/m0/s1. The molecule has 2 atom stereocenters. The summed E-state index contributed by atoms with van der Waals surface area (Å²) in [7, 11) is 0. The first kappa shape index (κ1) is 46.1. The molecule has 7 aromatic carbocycles. The van der Waals surface area contributed by atoms with E-state index in [-0.39, 0.29) is 32.7 Å². The van der Waals surface area contributed by atoms with Gasteiger partial charge in [0, 0.05) is 12.8 Å². The quantitative estimate of drug-likeness (QED) is 0.0450. The molecule has 0 aromatic heterocycles. The van der Waals surface area contributed by atoms with Gasteiger partial charge in [-0.25, -0.2) is 15.0 Å². The fourth-order valence-electron chi connectivity index (χ4n) is 6.94. The lowest BCUT2D eigenvalue weighted by Gasteiger charge is -2.31. The van der Waals surface area contributed by atoms with Crippen LogP contribution in [0, 0.1) is 0 Å². The number of hydrogen-bond donors (Lipinski definition) is 3. The van der Waals surface area contributed by atoms with Gasteiger partial charge in [-0.2, -0.15) is 0 Å². The van der Waals surface area contributed by atoms with Crippen LogP contribution in [0.3, 0.4) is 0 Å². The smallest absolute Gasteiger partial charge is 0.421 e. The monoisotopic (exact) mass is 883 g/mol. The minimum absolute atomic E-state index is 0.00703. The minimum Gasteiger partial charge on any atom is -0.489 e. The molecule has 0 aliphatic carbocycles. The summed E-state index contributed by atoms with van der Waals surface area (Å²) in [5.41, 5.74) is 9.94. The van der Waals surface area contributed by atoms with E-state index >= 15 is 0 Å². The van der Waals surface area contributed by atoms with Crippen molar-refractivity contribution in [3.05, 3.63) is 233 Å². The second kappa shape index (κ2) is 23.7. The van der Waals surface area contributed by atoms with E-state index in [9.17, 15) is 14.4 Å². The van der Waals surface area contributed by atoms with Crippen molar-refractivity contribution in [1.82, 2.24) is 16.2 Å². The molecule has 0 heterocycles. The van der Waals surface area contributed by atoms with E-state index in [1.807, 2.05) is 188 Å². The highest BCUT2D eigenvalue weighted by atomic mass is 16.6. The van der Waals surface area contributed by atoms with E-state index in [1.54, 1.807) is 13.0 Å². The molecule has 3 N–H and O–H groups in total. The molecule has 0 fully saturated rings. The summed E-state index contributed by atoms with van der Waals surface area (Å²) in [5, 5.41) is 2.96. The second-order valence-corrected chi connectivity index (χ2v) is 15.9. The van der Waals surface area contributed by atoms with Crippen LogP contribution < -0.4 is 30.4 Å². The van der Waals surface area contributed by atoms with Gasteiger partial charge >= 0.3 is 12.1 Å². The molecular formula is C55H53N3O8. The number of hydrogen-bond acceptors (Lipinski definition) is 9. The number of esters is 1. The fourth-order valence-corrected chi connectivity index (χ4v) is 6.94. The van der Waals surface area contributed by atoms with Crippen LogP contribution in [0.25, 0.3) is 0 Å². The van der Waals surface area contributed by atoms with Crippen LogP contribution >= 0.6 is 0 Å². The Morgan fingerprint density at radius 1 is 0.470 bits per heavy atom. The number of rotatable bonds is 22. The minimum atomic E-state index is -1.57. The lowest BCUT2D eigenvalue weighted by Crippen LogP contribution is -2.63. The summed E-state index contributed by atoms with van der Waals surface area (Å²) in [6.07, 6.45) is -0.674. The molecule has 0 saturated carbocycles. The van der Waals surface area contributed by atoms with E-state index in [1.165, 1.54) is 0 Å². The lowest BCUT2D eigenvalue weighted by atomic mass is 9.91. The molecule has 0 aliphatic heterocycles. The predicted molar refractivity (Wildman–Crippen MR) is 252 cm³/mol. The Balaban J connectivity index is 1.13. The molecule has 7 rings (SSSR count). The van der Waals surface area contributed by atoms with E-state index in [0.717, 1.165) is 33.4 Å². The van der Waals surface area contributed by atoms with Crippen molar-refractivity contribution >= 4 is 18.0 Å². The average molecular weight is 884 g/mol. The SMILES string of the molecule is C[C@@](Cc1ccc(OCc2ccccc2)c(OCc2ccccc2)c1)(NNC(=O)OCc1ccccc1)C(=O)N[C@@H](Cc1ccc(OCc2ccccc2)cc1)C(=O)OCc1ccccc1. The maximum Gasteiger partial charge on any atom is 0.421 e. The van der Waals surface area contributed by atoms with Gasteiger partial charge in [-0.1, -0.05) is 170 Å². The molecule has 336 valence electrons. The second-order valence-electron chi connectivity index (χ2n) is 15.9. The summed E-state index contributed by atoms with van der Waals surface area (Å²) < 4.78 is 29.9. The highest BCUT2D eigenvalue weighted by Gasteiger charge is 2.37. The zero-order valence-electron chi connectivity index (χ0n) is 36.8. The number of carbonyl (C=O) groups is 3. The Hall–Kier alpha value is -7.89. The highest BCUT2D eigenvalue weighted by Crippen LogP contribution is 2.32. The van der Waals surface area contributed by atoms with E-state index in [0.29, 0.717) is 36.0 Å². The Labute approximate surface area is 385 Å². The van der Waals surface area contributed by atoms with Gasteiger partial charge in [-0.15, -0.1) is 0 Å². The molecule has 7 aromatic rings. The third-order valence-corrected chi connectivity index (χ3v) is 10.6. The van der Waals surface area contributed by atoms with E-state index in [4.69, 9.17) is 23.7 Å². The maximum absolute atomic E-state index is 14.8. The van der Waals surface area contributed by atoms with Crippen molar-refractivity contribution in [3.8, 4) is 17.2 Å². The van der Waals surface area contributed by atoms with Crippen LogP contribution in [0.15, 0.2) is 194 Å². The molecule has 0 radical (unpaired) electrons. The molecular weight excluding hydrogens is 831 g/mol. The number of nitrogens with one attached hydrogen (secondary N) is 3. The third-order valence-electron chi connectivity index (χ3n) is 10.6. The van der Waals surface area contributed by atoms with Crippen LogP contribution in [0.1, 0.15) is 45.9 Å². The van der Waals surface area contributed by atoms with Crippen molar-refractivity contribution in [3.63, 3.8) is 0 Å². The topological polar surface area (TPSA) is 133 Å². The number of benzene rings is 7. The van der Waals surface area contributed by atoms with Gasteiger partial charge in [0.05, 0.1) is 0 Å². The van der Waals surface area contributed by atoms with Crippen LogP contribution in [0.4, 0.5) is 4.79 Å². The molecule has 0 aliphatic rings. The number of amides is 2. The molecule has 0 spiro atoms. The summed E-state index contributed by atoms with van der Waals surface area (Å²) in [6.45, 7) is 2.62. The number of carbonyl (C=O) groups excluding carboxylic acids is 3. The molecule has 11 nitrogen and oxygen atoms in total. The van der Waals surface area contributed by atoms with E-state index < -0.39 is 29.6 Å². The van der Waals surface area contributed by atoms with Crippen molar-refractivity contribution in [2.24, 2.45) is 0 Å². The van der Waals surface area contributed by atoms with E-state index in [2.05, 4.69) is 16.2 Å². The molecule has 0 unspecified atom stereocenters. The molecule has 0 bridgehead atoms. The van der Waals surface area contributed by atoms with Crippen molar-refractivity contribution in [2.45, 2.75) is 64.4 Å². The first-order chi connectivity index (χ1) is 32.3. The largest absolute Gasteiger partial charge is 0.489 e. The normalized spacial score (nSPS) is 12.1. The summed E-state index contributed by atoms with van der Waals surface area (Å²) in [6, 6.07) is 59.7. The van der Waals surface area contributed by atoms with Gasteiger partial charge in [-0.3, -0.25) is 10.2 Å². The Morgan fingerprint density at radius 2 is 0.909 bits per heavy atom. The predicted octanol–water partition coefficient (Wildman–Crippen LogP) is 9.63. The fraction of sp³-hybridized carbons (Fsp3) is 0.182. The Kier molecular flexibility index (Phi) is 16.6. The summed E-state index contributed by atoms with van der Waals surface area (Å²) in [5.74, 6) is 0.402. The Morgan fingerprint density at radius 3 is 1.42 bits per heavy atom. The van der Waals surface area contributed by atoms with Crippen LogP contribution in [0.5, 0.6) is 17.2 Å². The van der Waals surface area contributed by atoms with Crippen molar-refractivity contribution in [1.29, 1.82) is 0 Å².